The molecule has 0 bridgehead atoms. The van der Waals surface area contributed by atoms with E-state index in [9.17, 15) is 9.59 Å². The second-order valence-electron chi connectivity index (χ2n) is 8.74. The van der Waals surface area contributed by atoms with Gasteiger partial charge in [-0.05, 0) is 11.5 Å². The van der Waals surface area contributed by atoms with Crippen LogP contribution in [0.1, 0.15) is 29.9 Å². The fourth-order valence-corrected chi connectivity index (χ4v) is 4.48. The SMILES string of the molecule is CC(C)CNC(=O)C1CN(Cc2ccccc2)CC12CN(C(=O)c1cocn1)C2. The van der Waals surface area contributed by atoms with Gasteiger partial charge in [-0.3, -0.25) is 14.5 Å². The average Bonchev–Trinajstić information content (AvgIpc) is 3.33. The number of rotatable bonds is 6. The van der Waals surface area contributed by atoms with E-state index in [0.29, 0.717) is 37.8 Å². The number of benzene rings is 1. The van der Waals surface area contributed by atoms with E-state index in [0.717, 1.165) is 13.1 Å². The molecule has 1 unspecified atom stereocenters. The molecule has 1 N–H and O–H groups in total. The van der Waals surface area contributed by atoms with Crippen LogP contribution in [0.2, 0.25) is 0 Å². The molecule has 2 fully saturated rings. The number of likely N-dealkylation sites (tertiary alicyclic amines) is 2. The van der Waals surface area contributed by atoms with Crippen molar-refractivity contribution in [3.8, 4) is 0 Å². The van der Waals surface area contributed by atoms with E-state index >= 15 is 0 Å². The molecular formula is C22H28N4O3. The number of hydrogen-bond donors (Lipinski definition) is 1. The summed E-state index contributed by atoms with van der Waals surface area (Å²) < 4.78 is 4.94. The zero-order valence-electron chi connectivity index (χ0n) is 17.0. The third-order valence-corrected chi connectivity index (χ3v) is 5.92. The van der Waals surface area contributed by atoms with Crippen LogP contribution in [0.4, 0.5) is 0 Å². The quantitative estimate of drug-likeness (QED) is 0.808. The van der Waals surface area contributed by atoms with Crippen LogP contribution in [-0.2, 0) is 11.3 Å². The fraction of sp³-hybridized carbons (Fsp3) is 0.500. The van der Waals surface area contributed by atoms with Crippen molar-refractivity contribution in [1.29, 1.82) is 0 Å². The van der Waals surface area contributed by atoms with E-state index < -0.39 is 0 Å². The highest BCUT2D eigenvalue weighted by Gasteiger charge is 2.57. The number of oxazole rings is 1. The van der Waals surface area contributed by atoms with E-state index in [2.05, 4.69) is 41.2 Å². The topological polar surface area (TPSA) is 78.7 Å². The molecule has 1 aromatic carbocycles. The van der Waals surface area contributed by atoms with Gasteiger partial charge >= 0.3 is 0 Å². The molecule has 0 saturated carbocycles. The Balaban J connectivity index is 1.47. The van der Waals surface area contributed by atoms with E-state index in [-0.39, 0.29) is 23.1 Å². The third-order valence-electron chi connectivity index (χ3n) is 5.92. The lowest BCUT2D eigenvalue weighted by Gasteiger charge is -2.50. The van der Waals surface area contributed by atoms with Crippen LogP contribution in [0.3, 0.4) is 0 Å². The first kappa shape index (κ1) is 19.6. The van der Waals surface area contributed by atoms with Crippen molar-refractivity contribution in [2.24, 2.45) is 17.3 Å². The van der Waals surface area contributed by atoms with Crippen molar-refractivity contribution < 1.29 is 14.0 Å². The maximum atomic E-state index is 13.0. The molecule has 2 aromatic rings. The third kappa shape index (κ3) is 4.05. The minimum Gasteiger partial charge on any atom is -0.451 e. The largest absolute Gasteiger partial charge is 0.451 e. The Morgan fingerprint density at radius 3 is 2.66 bits per heavy atom. The molecule has 2 aliphatic heterocycles. The second-order valence-corrected chi connectivity index (χ2v) is 8.74. The van der Waals surface area contributed by atoms with Gasteiger partial charge in [0, 0.05) is 44.7 Å². The monoisotopic (exact) mass is 396 g/mol. The number of carbonyl (C=O) groups is 2. The molecule has 29 heavy (non-hydrogen) atoms. The van der Waals surface area contributed by atoms with Crippen molar-refractivity contribution in [2.75, 3.05) is 32.7 Å². The van der Waals surface area contributed by atoms with Crippen LogP contribution in [0.25, 0.3) is 0 Å². The van der Waals surface area contributed by atoms with E-state index in [1.54, 1.807) is 4.90 Å². The van der Waals surface area contributed by atoms with Crippen molar-refractivity contribution in [2.45, 2.75) is 20.4 Å². The van der Waals surface area contributed by atoms with Gasteiger partial charge in [-0.1, -0.05) is 44.2 Å². The predicted molar refractivity (Wildman–Crippen MR) is 108 cm³/mol. The smallest absolute Gasteiger partial charge is 0.275 e. The highest BCUT2D eigenvalue weighted by molar-refractivity contribution is 5.93. The van der Waals surface area contributed by atoms with E-state index in [1.165, 1.54) is 18.2 Å². The van der Waals surface area contributed by atoms with Crippen LogP contribution in [0, 0.1) is 17.3 Å². The molecular weight excluding hydrogens is 368 g/mol. The first-order chi connectivity index (χ1) is 14.0. The number of amides is 2. The van der Waals surface area contributed by atoms with Gasteiger partial charge < -0.3 is 14.6 Å². The summed E-state index contributed by atoms with van der Waals surface area (Å²) in [6.45, 7) is 8.34. The predicted octanol–water partition coefficient (Wildman–Crippen LogP) is 2.02. The van der Waals surface area contributed by atoms with Crippen molar-refractivity contribution in [1.82, 2.24) is 20.1 Å². The molecule has 2 aliphatic rings. The van der Waals surface area contributed by atoms with Gasteiger partial charge in [0.05, 0.1) is 5.92 Å². The summed E-state index contributed by atoms with van der Waals surface area (Å²) in [6, 6.07) is 10.3. The number of nitrogens with one attached hydrogen (secondary N) is 1. The summed E-state index contributed by atoms with van der Waals surface area (Å²) in [4.78, 5) is 33.6. The van der Waals surface area contributed by atoms with Gasteiger partial charge in [-0.15, -0.1) is 0 Å². The highest BCUT2D eigenvalue weighted by Crippen LogP contribution is 2.45. The lowest BCUT2D eigenvalue weighted by atomic mass is 9.71. The number of carbonyl (C=O) groups excluding carboxylic acids is 2. The molecule has 3 heterocycles. The molecule has 2 saturated heterocycles. The van der Waals surface area contributed by atoms with Crippen LogP contribution < -0.4 is 5.32 Å². The van der Waals surface area contributed by atoms with Crippen LogP contribution >= 0.6 is 0 Å². The molecule has 7 nitrogen and oxygen atoms in total. The summed E-state index contributed by atoms with van der Waals surface area (Å²) in [5.41, 5.74) is 1.36. The minimum atomic E-state index is -0.199. The summed E-state index contributed by atoms with van der Waals surface area (Å²) in [7, 11) is 0. The van der Waals surface area contributed by atoms with Crippen molar-refractivity contribution >= 4 is 11.8 Å². The van der Waals surface area contributed by atoms with Crippen LogP contribution in [0.5, 0.6) is 0 Å². The second kappa shape index (κ2) is 7.99. The maximum Gasteiger partial charge on any atom is 0.275 e. The van der Waals surface area contributed by atoms with Gasteiger partial charge in [0.25, 0.3) is 5.91 Å². The first-order valence-corrected chi connectivity index (χ1v) is 10.2. The Hall–Kier alpha value is -2.67. The zero-order valence-corrected chi connectivity index (χ0v) is 17.0. The molecule has 1 aromatic heterocycles. The van der Waals surface area contributed by atoms with Gasteiger partial charge in [0.2, 0.25) is 5.91 Å². The Morgan fingerprint density at radius 2 is 2.00 bits per heavy atom. The standard InChI is InChI=1S/C22H28N4O3/c1-16(2)8-23-20(27)18-10-25(9-17-6-4-3-5-7-17)12-22(18)13-26(14-22)21(28)19-11-29-15-24-19/h3-7,11,15-16,18H,8-10,12-14H2,1-2H3,(H,23,27). The van der Waals surface area contributed by atoms with Gasteiger partial charge in [-0.2, -0.15) is 0 Å². The molecule has 2 amide bonds. The lowest BCUT2D eigenvalue weighted by molar-refractivity contribution is -0.131. The Labute approximate surface area is 171 Å². The summed E-state index contributed by atoms with van der Waals surface area (Å²) in [5, 5.41) is 3.11. The zero-order chi connectivity index (χ0) is 20.4. The maximum absolute atomic E-state index is 13.0. The van der Waals surface area contributed by atoms with Crippen molar-refractivity contribution in [3.05, 3.63) is 54.2 Å². The molecule has 0 radical (unpaired) electrons. The van der Waals surface area contributed by atoms with Crippen LogP contribution in [0.15, 0.2) is 47.4 Å². The fourth-order valence-electron chi connectivity index (χ4n) is 4.48. The molecule has 1 spiro atoms. The van der Waals surface area contributed by atoms with E-state index in [1.807, 2.05) is 18.2 Å². The molecule has 0 aliphatic carbocycles. The normalized spacial score (nSPS) is 20.8. The first-order valence-electron chi connectivity index (χ1n) is 10.2. The number of aromatic nitrogens is 1. The Kier molecular flexibility index (Phi) is 5.41. The molecule has 7 heteroatoms. The summed E-state index contributed by atoms with van der Waals surface area (Å²) >= 11 is 0. The Bertz CT molecular complexity index is 844. The van der Waals surface area contributed by atoms with Gasteiger partial charge in [0.1, 0.15) is 6.26 Å². The summed E-state index contributed by atoms with van der Waals surface area (Å²) in [5.74, 6) is 0.254. The van der Waals surface area contributed by atoms with Crippen LogP contribution in [-0.4, -0.2) is 59.3 Å². The van der Waals surface area contributed by atoms with E-state index in [4.69, 9.17) is 4.42 Å². The van der Waals surface area contributed by atoms with Gasteiger partial charge in [-0.25, -0.2) is 4.98 Å². The highest BCUT2D eigenvalue weighted by atomic mass is 16.3. The lowest BCUT2D eigenvalue weighted by Crippen LogP contribution is -2.64. The molecule has 4 rings (SSSR count). The molecule has 1 atom stereocenters. The number of hydrogen-bond acceptors (Lipinski definition) is 5. The summed E-state index contributed by atoms with van der Waals surface area (Å²) in [6.07, 6.45) is 2.64. The number of nitrogens with zero attached hydrogens (tertiary/aromatic N) is 3. The van der Waals surface area contributed by atoms with Crippen molar-refractivity contribution in [3.63, 3.8) is 0 Å². The average molecular weight is 396 g/mol. The Morgan fingerprint density at radius 1 is 1.24 bits per heavy atom. The molecule has 154 valence electrons. The minimum absolute atomic E-state index is 0.0998. The van der Waals surface area contributed by atoms with Gasteiger partial charge in [0.15, 0.2) is 12.1 Å².